The highest BCUT2D eigenvalue weighted by Gasteiger charge is 2.22. The highest BCUT2D eigenvalue weighted by Crippen LogP contribution is 2.16. The molecule has 1 heterocycles. The first-order valence-corrected chi connectivity index (χ1v) is 6.99. The second-order valence-corrected chi connectivity index (χ2v) is 5.98. The Labute approximate surface area is 137 Å². The Kier molecular flexibility index (Phi) is 4.58. The lowest BCUT2D eigenvalue weighted by atomic mass is 9.93. The number of nitrogens with two attached hydrogens (primary N) is 1. The Hall–Kier alpha value is -3.30. The summed E-state index contributed by atoms with van der Waals surface area (Å²) in [4.78, 5) is 22.6. The molecular weight excluding hydrogens is 314 g/mol. The van der Waals surface area contributed by atoms with Gasteiger partial charge in [-0.2, -0.15) is 9.78 Å². The third kappa shape index (κ3) is 3.54. The minimum Gasteiger partial charge on any atom is -0.333 e. The molecule has 1 aromatic heterocycles. The van der Waals surface area contributed by atoms with Crippen molar-refractivity contribution in [2.24, 2.45) is 5.10 Å². The van der Waals surface area contributed by atoms with Gasteiger partial charge in [0.05, 0.1) is 16.7 Å². The lowest BCUT2D eigenvalue weighted by molar-refractivity contribution is -0.385. The van der Waals surface area contributed by atoms with Crippen LogP contribution in [-0.2, 0) is 5.41 Å². The fraction of sp³-hybridized carbons (Fsp3) is 0.286. The van der Waals surface area contributed by atoms with Crippen LogP contribution in [0.2, 0.25) is 0 Å². The van der Waals surface area contributed by atoms with Crippen molar-refractivity contribution in [3.63, 3.8) is 0 Å². The van der Waals surface area contributed by atoms with Crippen LogP contribution in [0, 0.1) is 10.1 Å². The van der Waals surface area contributed by atoms with Gasteiger partial charge in [-0.05, 0) is 6.07 Å². The van der Waals surface area contributed by atoms with Crippen molar-refractivity contribution < 1.29 is 4.92 Å². The number of hydrogen-bond acceptors (Lipinski definition) is 8. The quantitative estimate of drug-likeness (QED) is 0.368. The molecule has 0 fully saturated rings. The van der Waals surface area contributed by atoms with E-state index in [2.05, 4.69) is 20.7 Å². The number of rotatable bonds is 4. The van der Waals surface area contributed by atoms with Gasteiger partial charge in [0.2, 0.25) is 0 Å². The molecule has 0 atom stereocenters. The second-order valence-electron chi connectivity index (χ2n) is 5.98. The van der Waals surface area contributed by atoms with Gasteiger partial charge in [0, 0.05) is 11.5 Å². The molecule has 3 N–H and O–H groups in total. The van der Waals surface area contributed by atoms with Gasteiger partial charge < -0.3 is 5.84 Å². The molecule has 126 valence electrons. The van der Waals surface area contributed by atoms with Gasteiger partial charge in [-0.25, -0.2) is 5.43 Å². The van der Waals surface area contributed by atoms with E-state index in [1.807, 2.05) is 20.8 Å². The zero-order valence-corrected chi connectivity index (χ0v) is 13.4. The molecule has 2 aromatic rings. The summed E-state index contributed by atoms with van der Waals surface area (Å²) >= 11 is 0. The summed E-state index contributed by atoms with van der Waals surface area (Å²) < 4.78 is 0.796. The van der Waals surface area contributed by atoms with Crippen molar-refractivity contribution in [2.45, 2.75) is 26.2 Å². The lowest BCUT2D eigenvalue weighted by Gasteiger charge is -2.16. The van der Waals surface area contributed by atoms with Crippen molar-refractivity contribution in [1.29, 1.82) is 0 Å². The third-order valence-electron chi connectivity index (χ3n) is 3.11. The molecule has 0 bridgehead atoms. The Bertz CT molecular complexity index is 852. The van der Waals surface area contributed by atoms with E-state index in [0.717, 1.165) is 4.68 Å². The standard InChI is InChI=1S/C14H17N7O3/c1-14(2,3)11-12(22)20(15)13(19-17-11)18-16-8-9-6-4-5-7-10(9)21(23)24/h4-8H,15H2,1-3H3,(H,18,19)/b16-8-. The molecule has 10 heteroatoms. The number of hydrogen-bond donors (Lipinski definition) is 2. The van der Waals surface area contributed by atoms with Crippen molar-refractivity contribution in [2.75, 3.05) is 11.3 Å². The van der Waals surface area contributed by atoms with Crippen LogP contribution >= 0.6 is 0 Å². The Morgan fingerprint density at radius 3 is 2.62 bits per heavy atom. The van der Waals surface area contributed by atoms with E-state index in [9.17, 15) is 14.9 Å². The number of nitrogen functional groups attached to an aromatic ring is 1. The summed E-state index contributed by atoms with van der Waals surface area (Å²) in [5.74, 6) is 5.61. The van der Waals surface area contributed by atoms with Crippen LogP contribution in [0.5, 0.6) is 0 Å². The molecular formula is C14H17N7O3. The molecule has 0 saturated carbocycles. The van der Waals surface area contributed by atoms with Crippen molar-refractivity contribution in [3.8, 4) is 0 Å². The summed E-state index contributed by atoms with van der Waals surface area (Å²) in [6, 6.07) is 6.09. The number of benzene rings is 1. The first-order valence-electron chi connectivity index (χ1n) is 6.99. The molecule has 0 spiro atoms. The monoisotopic (exact) mass is 331 g/mol. The van der Waals surface area contributed by atoms with Crippen molar-refractivity contribution >= 4 is 17.9 Å². The highest BCUT2D eigenvalue weighted by atomic mass is 16.6. The zero-order valence-electron chi connectivity index (χ0n) is 13.4. The van der Waals surface area contributed by atoms with E-state index in [1.165, 1.54) is 18.3 Å². The number of para-hydroxylation sites is 1. The topological polar surface area (TPSA) is 141 Å². The number of nitro groups is 1. The lowest BCUT2D eigenvalue weighted by Crippen LogP contribution is -2.38. The first kappa shape index (κ1) is 17.1. The molecule has 10 nitrogen and oxygen atoms in total. The molecule has 0 radical (unpaired) electrons. The average molecular weight is 331 g/mol. The average Bonchev–Trinajstić information content (AvgIpc) is 2.50. The zero-order chi connectivity index (χ0) is 17.9. The predicted molar refractivity (Wildman–Crippen MR) is 89.5 cm³/mol. The minimum absolute atomic E-state index is 0.0807. The number of nitrogens with one attached hydrogen (secondary N) is 1. The minimum atomic E-state index is -0.516. The van der Waals surface area contributed by atoms with Gasteiger partial charge in [0.15, 0.2) is 0 Å². The van der Waals surface area contributed by atoms with E-state index in [4.69, 9.17) is 5.84 Å². The van der Waals surface area contributed by atoms with Gasteiger partial charge in [-0.1, -0.05) is 32.9 Å². The molecule has 1 aromatic carbocycles. The van der Waals surface area contributed by atoms with E-state index >= 15 is 0 Å². The molecule has 0 aliphatic carbocycles. The SMILES string of the molecule is CC(C)(C)c1nnc(N/N=C\c2ccccc2[N+](=O)[O-])n(N)c1=O. The molecule has 0 aliphatic heterocycles. The molecule has 2 rings (SSSR count). The van der Waals surface area contributed by atoms with Gasteiger partial charge >= 0.3 is 0 Å². The number of nitro benzene ring substituents is 1. The van der Waals surface area contributed by atoms with Crippen LogP contribution in [0.3, 0.4) is 0 Å². The Morgan fingerprint density at radius 2 is 2.00 bits per heavy atom. The van der Waals surface area contributed by atoms with Crippen LogP contribution in [0.1, 0.15) is 32.0 Å². The number of hydrazone groups is 1. The summed E-state index contributed by atoms with van der Waals surface area (Å²) in [5, 5.41) is 22.4. The van der Waals surface area contributed by atoms with Gasteiger partial charge in [0.25, 0.3) is 17.2 Å². The summed E-state index contributed by atoms with van der Waals surface area (Å²) in [6.07, 6.45) is 1.24. The van der Waals surface area contributed by atoms with Gasteiger partial charge in [-0.15, -0.1) is 10.2 Å². The second kappa shape index (κ2) is 6.44. The molecule has 24 heavy (non-hydrogen) atoms. The largest absolute Gasteiger partial charge is 0.333 e. The fourth-order valence-electron chi connectivity index (χ4n) is 1.87. The molecule has 0 unspecified atom stereocenters. The smallest absolute Gasteiger partial charge is 0.295 e. The number of aromatic nitrogens is 3. The summed E-state index contributed by atoms with van der Waals surface area (Å²) in [6.45, 7) is 5.45. The normalized spacial score (nSPS) is 11.6. The van der Waals surface area contributed by atoms with Crippen LogP contribution in [0.15, 0.2) is 34.2 Å². The van der Waals surface area contributed by atoms with Crippen LogP contribution in [0.4, 0.5) is 11.6 Å². The summed E-state index contributed by atoms with van der Waals surface area (Å²) in [5.41, 5.74) is 1.87. The molecule has 0 aliphatic rings. The maximum absolute atomic E-state index is 12.2. The molecule has 0 saturated heterocycles. The van der Waals surface area contributed by atoms with Gasteiger partial charge in [-0.3, -0.25) is 14.9 Å². The van der Waals surface area contributed by atoms with E-state index in [0.29, 0.717) is 5.56 Å². The van der Waals surface area contributed by atoms with Crippen LogP contribution in [0.25, 0.3) is 0 Å². The highest BCUT2D eigenvalue weighted by molar-refractivity contribution is 5.85. The van der Waals surface area contributed by atoms with E-state index in [-0.39, 0.29) is 17.3 Å². The third-order valence-corrected chi connectivity index (χ3v) is 3.11. The van der Waals surface area contributed by atoms with Crippen molar-refractivity contribution in [1.82, 2.24) is 14.9 Å². The van der Waals surface area contributed by atoms with E-state index in [1.54, 1.807) is 12.1 Å². The number of anilines is 1. The van der Waals surface area contributed by atoms with E-state index < -0.39 is 15.9 Å². The first-order chi connectivity index (χ1) is 11.2. The molecule has 0 amide bonds. The van der Waals surface area contributed by atoms with Crippen molar-refractivity contribution in [3.05, 3.63) is 56.0 Å². The Balaban J connectivity index is 2.26. The number of nitrogens with zero attached hydrogens (tertiary/aromatic N) is 5. The maximum atomic E-state index is 12.2. The van der Waals surface area contributed by atoms with Crippen LogP contribution < -0.4 is 16.8 Å². The fourth-order valence-corrected chi connectivity index (χ4v) is 1.87. The predicted octanol–water partition coefficient (Wildman–Crippen LogP) is 1.00. The Morgan fingerprint density at radius 1 is 1.33 bits per heavy atom. The van der Waals surface area contributed by atoms with Gasteiger partial charge in [0.1, 0.15) is 5.69 Å². The maximum Gasteiger partial charge on any atom is 0.295 e. The van der Waals surface area contributed by atoms with Crippen LogP contribution in [-0.4, -0.2) is 26.0 Å². The summed E-state index contributed by atoms with van der Waals surface area (Å²) in [7, 11) is 0.